The Morgan fingerprint density at radius 1 is 1.16 bits per heavy atom. The molecule has 1 N–H and O–H groups in total. The summed E-state index contributed by atoms with van der Waals surface area (Å²) < 4.78 is 46.6. The highest BCUT2D eigenvalue weighted by atomic mass is 32.2. The highest BCUT2D eigenvalue weighted by molar-refractivity contribution is 7.89. The standard InChI is InChI=1S/C17H17FN2O4S/c1-2-20-15-8-7-14(11-16(15)24-17(20)21)25(22,23)19-10-9-12-3-5-13(18)6-4-12/h3-8,11,19H,2,9-10H2,1H3. The molecule has 1 aromatic heterocycles. The van der Waals surface area contributed by atoms with E-state index in [1.165, 1.54) is 28.8 Å². The fourth-order valence-electron chi connectivity index (χ4n) is 2.58. The number of hydrogen-bond donors (Lipinski definition) is 1. The van der Waals surface area contributed by atoms with Gasteiger partial charge in [0.15, 0.2) is 5.58 Å². The van der Waals surface area contributed by atoms with Crippen LogP contribution in [0.3, 0.4) is 0 Å². The van der Waals surface area contributed by atoms with Crippen molar-refractivity contribution in [1.29, 1.82) is 0 Å². The van der Waals surface area contributed by atoms with Crippen LogP contribution in [0.25, 0.3) is 11.1 Å². The minimum absolute atomic E-state index is 0.0242. The Morgan fingerprint density at radius 3 is 2.56 bits per heavy atom. The molecule has 6 nitrogen and oxygen atoms in total. The quantitative estimate of drug-likeness (QED) is 0.728. The van der Waals surface area contributed by atoms with Gasteiger partial charge in [0.1, 0.15) is 5.82 Å². The molecule has 1 heterocycles. The number of hydrogen-bond acceptors (Lipinski definition) is 4. The zero-order valence-corrected chi connectivity index (χ0v) is 14.3. The van der Waals surface area contributed by atoms with Crippen LogP contribution in [0.15, 0.2) is 56.6 Å². The second-order valence-corrected chi connectivity index (χ2v) is 7.28. The van der Waals surface area contributed by atoms with Crippen LogP contribution in [0.5, 0.6) is 0 Å². The summed E-state index contributed by atoms with van der Waals surface area (Å²) in [6, 6.07) is 10.2. The highest BCUT2D eigenvalue weighted by Gasteiger charge is 2.17. The van der Waals surface area contributed by atoms with Gasteiger partial charge < -0.3 is 4.42 Å². The van der Waals surface area contributed by atoms with Crippen molar-refractivity contribution in [2.45, 2.75) is 24.8 Å². The molecule has 0 bridgehead atoms. The monoisotopic (exact) mass is 364 g/mol. The van der Waals surface area contributed by atoms with Gasteiger partial charge in [0.25, 0.3) is 0 Å². The SMILES string of the molecule is CCn1c(=O)oc2cc(S(=O)(=O)NCCc3ccc(F)cc3)ccc21. The van der Waals surface area contributed by atoms with Gasteiger partial charge >= 0.3 is 5.76 Å². The van der Waals surface area contributed by atoms with Gasteiger partial charge in [0, 0.05) is 19.2 Å². The van der Waals surface area contributed by atoms with Crippen molar-refractivity contribution >= 4 is 21.1 Å². The molecule has 0 unspecified atom stereocenters. The number of rotatable bonds is 6. The van der Waals surface area contributed by atoms with Gasteiger partial charge in [-0.1, -0.05) is 12.1 Å². The van der Waals surface area contributed by atoms with Gasteiger partial charge in [0.2, 0.25) is 10.0 Å². The first-order valence-electron chi connectivity index (χ1n) is 7.78. The lowest BCUT2D eigenvalue weighted by Gasteiger charge is -2.07. The molecule has 0 aliphatic carbocycles. The number of benzene rings is 2. The Hall–Kier alpha value is -2.45. The summed E-state index contributed by atoms with van der Waals surface area (Å²) in [5, 5.41) is 0. The molecule has 8 heteroatoms. The Balaban J connectivity index is 1.76. The molecule has 0 atom stereocenters. The van der Waals surface area contributed by atoms with E-state index in [-0.39, 0.29) is 22.8 Å². The molecule has 0 spiro atoms. The molecule has 0 saturated heterocycles. The molecule has 132 valence electrons. The predicted octanol–water partition coefficient (Wildman–Crippen LogP) is 2.27. The van der Waals surface area contributed by atoms with E-state index in [0.717, 1.165) is 5.56 Å². The number of sulfonamides is 1. The van der Waals surface area contributed by atoms with E-state index < -0.39 is 15.8 Å². The zero-order chi connectivity index (χ0) is 18.0. The van der Waals surface area contributed by atoms with Crippen molar-refractivity contribution in [3.8, 4) is 0 Å². The fourth-order valence-corrected chi connectivity index (χ4v) is 3.62. The number of aryl methyl sites for hydroxylation is 1. The molecule has 3 rings (SSSR count). The second kappa shape index (κ2) is 6.81. The first-order chi connectivity index (χ1) is 11.9. The summed E-state index contributed by atoms with van der Waals surface area (Å²) in [6.45, 7) is 2.41. The summed E-state index contributed by atoms with van der Waals surface area (Å²) in [6.07, 6.45) is 0.434. The highest BCUT2D eigenvalue weighted by Crippen LogP contribution is 2.18. The number of oxazole rings is 1. The molecular weight excluding hydrogens is 347 g/mol. The topological polar surface area (TPSA) is 81.3 Å². The van der Waals surface area contributed by atoms with Crippen molar-refractivity contribution in [3.05, 3.63) is 64.4 Å². The Bertz CT molecular complexity index is 1050. The lowest BCUT2D eigenvalue weighted by molar-refractivity contribution is 0.512. The van der Waals surface area contributed by atoms with E-state index in [2.05, 4.69) is 4.72 Å². The van der Waals surface area contributed by atoms with Crippen LogP contribution >= 0.6 is 0 Å². The van der Waals surface area contributed by atoms with Crippen molar-refractivity contribution in [1.82, 2.24) is 9.29 Å². The molecule has 0 amide bonds. The van der Waals surface area contributed by atoms with Crippen molar-refractivity contribution in [3.63, 3.8) is 0 Å². The third-order valence-corrected chi connectivity index (χ3v) is 5.34. The van der Waals surface area contributed by atoms with E-state index in [9.17, 15) is 17.6 Å². The predicted molar refractivity (Wildman–Crippen MR) is 91.4 cm³/mol. The first kappa shape index (κ1) is 17.4. The molecule has 0 aliphatic rings. The Kier molecular flexibility index (Phi) is 4.73. The van der Waals surface area contributed by atoms with Crippen LogP contribution in [-0.4, -0.2) is 19.5 Å². The minimum Gasteiger partial charge on any atom is -0.408 e. The van der Waals surface area contributed by atoms with E-state index in [4.69, 9.17) is 4.42 Å². The number of halogens is 1. The maximum absolute atomic E-state index is 12.9. The summed E-state index contributed by atoms with van der Waals surface area (Å²) in [4.78, 5) is 11.7. The van der Waals surface area contributed by atoms with Gasteiger partial charge in [-0.25, -0.2) is 22.3 Å². The van der Waals surface area contributed by atoms with Crippen molar-refractivity contribution in [2.75, 3.05) is 6.54 Å². The second-order valence-electron chi connectivity index (χ2n) is 5.52. The molecular formula is C17H17FN2O4S. The fraction of sp³-hybridized carbons (Fsp3) is 0.235. The normalized spacial score (nSPS) is 11.9. The minimum atomic E-state index is -3.74. The van der Waals surface area contributed by atoms with Crippen LogP contribution in [0.1, 0.15) is 12.5 Å². The number of fused-ring (bicyclic) bond motifs is 1. The average molecular weight is 364 g/mol. The lowest BCUT2D eigenvalue weighted by atomic mass is 10.1. The number of aromatic nitrogens is 1. The summed E-state index contributed by atoms with van der Waals surface area (Å²) in [5.41, 5.74) is 1.61. The van der Waals surface area contributed by atoms with Crippen molar-refractivity contribution in [2.24, 2.45) is 0 Å². The van der Waals surface area contributed by atoms with Crippen LogP contribution in [-0.2, 0) is 23.0 Å². The first-order valence-corrected chi connectivity index (χ1v) is 9.26. The molecule has 2 aromatic carbocycles. The van der Waals surface area contributed by atoms with E-state index in [1.807, 2.05) is 0 Å². The van der Waals surface area contributed by atoms with E-state index in [0.29, 0.717) is 18.5 Å². The molecule has 0 saturated carbocycles. The van der Waals surface area contributed by atoms with Crippen LogP contribution in [0, 0.1) is 5.82 Å². The smallest absolute Gasteiger partial charge is 0.408 e. The Labute approximate surface area is 143 Å². The van der Waals surface area contributed by atoms with Gasteiger partial charge in [-0.3, -0.25) is 4.57 Å². The summed E-state index contributed by atoms with van der Waals surface area (Å²) >= 11 is 0. The van der Waals surface area contributed by atoms with E-state index >= 15 is 0 Å². The maximum atomic E-state index is 12.9. The van der Waals surface area contributed by atoms with Gasteiger partial charge in [-0.2, -0.15) is 0 Å². The van der Waals surface area contributed by atoms with Gasteiger partial charge in [-0.15, -0.1) is 0 Å². The third-order valence-electron chi connectivity index (χ3n) is 3.89. The largest absolute Gasteiger partial charge is 0.419 e. The third kappa shape index (κ3) is 3.64. The zero-order valence-electron chi connectivity index (χ0n) is 13.5. The number of nitrogens with one attached hydrogen (secondary N) is 1. The number of nitrogens with zero attached hydrogens (tertiary/aromatic N) is 1. The van der Waals surface area contributed by atoms with Crippen molar-refractivity contribution < 1.29 is 17.2 Å². The summed E-state index contributed by atoms with van der Waals surface area (Å²) in [7, 11) is -3.74. The average Bonchev–Trinajstić information content (AvgIpc) is 2.90. The Morgan fingerprint density at radius 2 is 1.88 bits per heavy atom. The van der Waals surface area contributed by atoms with E-state index in [1.54, 1.807) is 25.1 Å². The molecule has 3 aromatic rings. The maximum Gasteiger partial charge on any atom is 0.419 e. The molecule has 0 radical (unpaired) electrons. The summed E-state index contributed by atoms with van der Waals surface area (Å²) in [5.74, 6) is -0.852. The van der Waals surface area contributed by atoms with Crippen LogP contribution in [0.4, 0.5) is 4.39 Å². The molecule has 0 fully saturated rings. The molecule has 25 heavy (non-hydrogen) atoms. The molecule has 0 aliphatic heterocycles. The van der Waals surface area contributed by atoms with Gasteiger partial charge in [-0.05, 0) is 43.2 Å². The van der Waals surface area contributed by atoms with Crippen LogP contribution < -0.4 is 10.5 Å². The lowest BCUT2D eigenvalue weighted by Crippen LogP contribution is -2.26. The van der Waals surface area contributed by atoms with Gasteiger partial charge in [0.05, 0.1) is 10.4 Å². The van der Waals surface area contributed by atoms with Crippen LogP contribution in [0.2, 0.25) is 0 Å².